The van der Waals surface area contributed by atoms with Gasteiger partial charge in [0.2, 0.25) is 11.1 Å². The van der Waals surface area contributed by atoms with Crippen LogP contribution in [-0.2, 0) is 16.0 Å². The maximum Gasteiger partial charge on any atom is 0.253 e. The number of hydrogen-bond donors (Lipinski definition) is 0. The number of thioether (sulfide) groups is 1. The van der Waals surface area contributed by atoms with E-state index in [1.54, 1.807) is 0 Å². The second-order valence-electron chi connectivity index (χ2n) is 6.67. The molecule has 0 N–H and O–H groups in total. The third kappa shape index (κ3) is 4.01. The Morgan fingerprint density at radius 1 is 1.27 bits per heavy atom. The van der Waals surface area contributed by atoms with Crippen molar-refractivity contribution in [1.82, 2.24) is 24.5 Å². The highest BCUT2D eigenvalue weighted by Crippen LogP contribution is 2.24. The van der Waals surface area contributed by atoms with Gasteiger partial charge in [-0.1, -0.05) is 25.1 Å². The van der Waals surface area contributed by atoms with Crippen LogP contribution in [0.5, 0.6) is 0 Å². The Morgan fingerprint density at radius 3 is 2.69 bits per heavy atom. The first kappa shape index (κ1) is 19.1. The van der Waals surface area contributed by atoms with Gasteiger partial charge in [-0.05, 0) is 39.2 Å². The molecule has 0 saturated carbocycles. The summed E-state index contributed by atoms with van der Waals surface area (Å²) in [5.41, 5.74) is 3.36. The van der Waals surface area contributed by atoms with Crippen LogP contribution in [-0.4, -0.2) is 61.9 Å². The number of carbonyl (C=O) groups excluding carboxylic acids is 1. The molecule has 1 atom stereocenters. The SMILES string of the molecule is CCCCc1c(C)nc2nc(SC(C)C(=O)N3CCOCC3)nn2c1C. The molecular formula is C18H27N5O2S. The number of hydrogen-bond acceptors (Lipinski definition) is 6. The highest BCUT2D eigenvalue weighted by Gasteiger charge is 2.25. The largest absolute Gasteiger partial charge is 0.378 e. The van der Waals surface area contributed by atoms with Gasteiger partial charge in [-0.3, -0.25) is 4.79 Å². The lowest BCUT2D eigenvalue weighted by Gasteiger charge is -2.28. The fourth-order valence-electron chi connectivity index (χ4n) is 3.20. The van der Waals surface area contributed by atoms with Gasteiger partial charge in [-0.2, -0.15) is 4.98 Å². The number of rotatable bonds is 6. The number of morpholine rings is 1. The van der Waals surface area contributed by atoms with Crippen molar-refractivity contribution in [3.8, 4) is 0 Å². The third-order valence-electron chi connectivity index (χ3n) is 4.76. The summed E-state index contributed by atoms with van der Waals surface area (Å²) in [5, 5.41) is 4.97. The monoisotopic (exact) mass is 377 g/mol. The first-order valence-electron chi connectivity index (χ1n) is 9.27. The van der Waals surface area contributed by atoms with Crippen molar-refractivity contribution >= 4 is 23.4 Å². The summed E-state index contributed by atoms with van der Waals surface area (Å²) in [7, 11) is 0. The molecule has 8 heteroatoms. The summed E-state index contributed by atoms with van der Waals surface area (Å²) in [6.45, 7) is 10.7. The van der Waals surface area contributed by atoms with Gasteiger partial charge in [0.15, 0.2) is 0 Å². The van der Waals surface area contributed by atoms with Gasteiger partial charge in [-0.25, -0.2) is 9.50 Å². The van der Waals surface area contributed by atoms with Gasteiger partial charge >= 0.3 is 0 Å². The number of fused-ring (bicyclic) bond motifs is 1. The van der Waals surface area contributed by atoms with Crippen LogP contribution in [0.4, 0.5) is 0 Å². The molecule has 0 aromatic carbocycles. The number of ether oxygens (including phenoxy) is 1. The molecule has 0 aliphatic carbocycles. The molecule has 3 heterocycles. The fourth-order valence-corrected chi connectivity index (χ4v) is 4.03. The summed E-state index contributed by atoms with van der Waals surface area (Å²) in [6.07, 6.45) is 3.29. The van der Waals surface area contributed by atoms with Crippen LogP contribution in [0.2, 0.25) is 0 Å². The van der Waals surface area contributed by atoms with E-state index in [0.29, 0.717) is 37.2 Å². The van der Waals surface area contributed by atoms with E-state index in [2.05, 4.69) is 28.9 Å². The molecule has 1 unspecified atom stereocenters. The van der Waals surface area contributed by atoms with Crippen LogP contribution >= 0.6 is 11.8 Å². The zero-order valence-corrected chi connectivity index (χ0v) is 16.8. The topological polar surface area (TPSA) is 72.6 Å². The third-order valence-corrected chi connectivity index (χ3v) is 5.70. The Hall–Kier alpha value is -1.67. The van der Waals surface area contributed by atoms with Gasteiger partial charge in [0.05, 0.1) is 18.5 Å². The molecule has 2 aromatic rings. The minimum atomic E-state index is -0.230. The predicted octanol–water partition coefficient (Wildman–Crippen LogP) is 2.42. The van der Waals surface area contributed by atoms with Gasteiger partial charge in [-0.15, -0.1) is 5.10 Å². The molecule has 1 amide bonds. The van der Waals surface area contributed by atoms with Crippen molar-refractivity contribution in [2.24, 2.45) is 0 Å². The van der Waals surface area contributed by atoms with Crippen LogP contribution in [0.1, 0.15) is 43.6 Å². The lowest BCUT2D eigenvalue weighted by Crippen LogP contribution is -2.44. The number of carbonyl (C=O) groups is 1. The van der Waals surface area contributed by atoms with E-state index in [-0.39, 0.29) is 11.2 Å². The Labute approximate surface area is 158 Å². The first-order chi connectivity index (χ1) is 12.5. The first-order valence-corrected chi connectivity index (χ1v) is 10.1. The molecule has 0 bridgehead atoms. The zero-order chi connectivity index (χ0) is 18.7. The number of unbranched alkanes of at least 4 members (excludes halogenated alkanes) is 1. The summed E-state index contributed by atoms with van der Waals surface area (Å²) in [6, 6.07) is 0. The standard InChI is InChI=1S/C18H27N5O2S/c1-5-6-7-15-12(2)19-17-20-18(21-23(17)13(15)3)26-14(4)16(24)22-8-10-25-11-9-22/h14H,5-11H2,1-4H3. The number of aromatic nitrogens is 4. The number of amides is 1. The van der Waals surface area contributed by atoms with Gasteiger partial charge in [0.1, 0.15) is 0 Å². The summed E-state index contributed by atoms with van der Waals surface area (Å²) in [5.74, 6) is 0.718. The van der Waals surface area contributed by atoms with E-state index in [1.165, 1.54) is 17.3 Å². The summed E-state index contributed by atoms with van der Waals surface area (Å²) in [4.78, 5) is 23.6. The average molecular weight is 378 g/mol. The lowest BCUT2D eigenvalue weighted by atomic mass is 10.1. The molecule has 2 aromatic heterocycles. The second-order valence-corrected chi connectivity index (χ2v) is 7.98. The molecule has 1 aliphatic heterocycles. The molecule has 0 spiro atoms. The maximum absolute atomic E-state index is 12.6. The summed E-state index contributed by atoms with van der Waals surface area (Å²) >= 11 is 1.39. The quantitative estimate of drug-likeness (QED) is 0.720. The van der Waals surface area contributed by atoms with E-state index in [4.69, 9.17) is 4.74 Å². The molecule has 7 nitrogen and oxygen atoms in total. The van der Waals surface area contributed by atoms with Crippen molar-refractivity contribution < 1.29 is 9.53 Å². The van der Waals surface area contributed by atoms with Crippen molar-refractivity contribution in [3.05, 3.63) is 17.0 Å². The molecule has 3 rings (SSSR count). The van der Waals surface area contributed by atoms with Crippen molar-refractivity contribution in [2.45, 2.75) is 57.4 Å². The van der Waals surface area contributed by atoms with E-state index >= 15 is 0 Å². The number of nitrogens with zero attached hydrogens (tertiary/aromatic N) is 5. The van der Waals surface area contributed by atoms with Gasteiger partial charge < -0.3 is 9.64 Å². The Bertz CT molecular complexity index is 785. The highest BCUT2D eigenvalue weighted by atomic mass is 32.2. The Kier molecular flexibility index (Phi) is 6.13. The average Bonchev–Trinajstić information content (AvgIpc) is 3.04. The molecule has 26 heavy (non-hydrogen) atoms. The molecular weight excluding hydrogens is 350 g/mol. The van der Waals surface area contributed by atoms with Crippen LogP contribution in [0.3, 0.4) is 0 Å². The van der Waals surface area contributed by atoms with Crippen molar-refractivity contribution in [2.75, 3.05) is 26.3 Å². The van der Waals surface area contributed by atoms with E-state index in [9.17, 15) is 4.79 Å². The smallest absolute Gasteiger partial charge is 0.253 e. The van der Waals surface area contributed by atoms with Crippen LogP contribution in [0.25, 0.3) is 5.78 Å². The van der Waals surface area contributed by atoms with Gasteiger partial charge in [0, 0.05) is 24.5 Å². The highest BCUT2D eigenvalue weighted by molar-refractivity contribution is 8.00. The van der Waals surface area contributed by atoms with E-state index in [0.717, 1.165) is 30.7 Å². The molecule has 0 radical (unpaired) electrons. The number of aryl methyl sites for hydroxylation is 2. The molecule has 1 saturated heterocycles. The van der Waals surface area contributed by atoms with Crippen LogP contribution < -0.4 is 0 Å². The second kappa shape index (κ2) is 8.35. The lowest BCUT2D eigenvalue weighted by molar-refractivity contribution is -0.134. The minimum Gasteiger partial charge on any atom is -0.378 e. The minimum absolute atomic E-state index is 0.113. The molecule has 1 aliphatic rings. The van der Waals surface area contributed by atoms with Gasteiger partial charge in [0.25, 0.3) is 5.78 Å². The van der Waals surface area contributed by atoms with Crippen LogP contribution in [0, 0.1) is 13.8 Å². The molecule has 142 valence electrons. The van der Waals surface area contributed by atoms with Crippen molar-refractivity contribution in [1.29, 1.82) is 0 Å². The summed E-state index contributed by atoms with van der Waals surface area (Å²) < 4.78 is 7.13. The maximum atomic E-state index is 12.6. The van der Waals surface area contributed by atoms with E-state index in [1.807, 2.05) is 23.3 Å². The fraction of sp³-hybridized carbons (Fsp3) is 0.667. The molecule has 1 fully saturated rings. The van der Waals surface area contributed by atoms with Crippen molar-refractivity contribution in [3.63, 3.8) is 0 Å². The van der Waals surface area contributed by atoms with Crippen LogP contribution in [0.15, 0.2) is 5.16 Å². The predicted molar refractivity (Wildman–Crippen MR) is 102 cm³/mol. The van der Waals surface area contributed by atoms with E-state index < -0.39 is 0 Å². The Morgan fingerprint density at radius 2 is 2.00 bits per heavy atom. The Balaban J connectivity index is 1.78. The normalized spacial score (nSPS) is 16.2. The zero-order valence-electron chi connectivity index (χ0n) is 16.0.